The Hall–Kier alpha value is -3.00. The van der Waals surface area contributed by atoms with Crippen LogP contribution in [0.1, 0.15) is 5.69 Å². The van der Waals surface area contributed by atoms with E-state index in [4.69, 9.17) is 4.42 Å². The zero-order valence-corrected chi connectivity index (χ0v) is 13.7. The second-order valence-corrected chi connectivity index (χ2v) is 6.09. The number of hydrogen-bond donors (Lipinski definition) is 0. The first-order chi connectivity index (χ1) is 12.3. The van der Waals surface area contributed by atoms with E-state index in [-0.39, 0.29) is 5.82 Å². The minimum atomic E-state index is -0.293. The van der Waals surface area contributed by atoms with Gasteiger partial charge in [-0.15, -0.1) is 5.10 Å². The number of nitrogens with zero attached hydrogens (tertiary/aromatic N) is 5. The van der Waals surface area contributed by atoms with E-state index in [1.165, 1.54) is 23.9 Å². The first-order valence-corrected chi connectivity index (χ1v) is 8.45. The zero-order chi connectivity index (χ0) is 17.1. The predicted octanol–water partition coefficient (Wildman–Crippen LogP) is 3.75. The highest BCUT2D eigenvalue weighted by molar-refractivity contribution is 7.98. The lowest BCUT2D eigenvalue weighted by atomic mass is 10.2. The average Bonchev–Trinajstić information content (AvgIpc) is 3.31. The fraction of sp³-hybridized carbons (Fsp3) is 0.0588. The monoisotopic (exact) mass is 353 g/mol. The molecule has 0 unspecified atom stereocenters. The Kier molecular flexibility index (Phi) is 4.26. The quantitative estimate of drug-likeness (QED) is 0.509. The van der Waals surface area contributed by atoms with Crippen molar-refractivity contribution in [1.82, 2.24) is 25.2 Å². The lowest BCUT2D eigenvalue weighted by molar-refractivity contribution is 0.573. The second kappa shape index (κ2) is 6.86. The normalized spacial score (nSPS) is 10.9. The van der Waals surface area contributed by atoms with Gasteiger partial charge in [0, 0.05) is 11.3 Å². The van der Waals surface area contributed by atoms with Crippen LogP contribution in [0.15, 0.2) is 70.4 Å². The highest BCUT2D eigenvalue weighted by Crippen LogP contribution is 2.24. The van der Waals surface area contributed by atoms with Crippen LogP contribution in [0.25, 0.3) is 17.1 Å². The number of rotatable bonds is 5. The van der Waals surface area contributed by atoms with Gasteiger partial charge in [0.1, 0.15) is 12.1 Å². The molecule has 0 atom stereocenters. The molecule has 0 amide bonds. The molecular weight excluding hydrogens is 341 g/mol. The Morgan fingerprint density at radius 2 is 1.84 bits per heavy atom. The highest BCUT2D eigenvalue weighted by atomic mass is 32.2. The summed E-state index contributed by atoms with van der Waals surface area (Å²) in [5.41, 5.74) is 2.38. The Morgan fingerprint density at radius 1 is 1.04 bits per heavy atom. The van der Waals surface area contributed by atoms with Crippen molar-refractivity contribution in [2.24, 2.45) is 0 Å². The van der Waals surface area contributed by atoms with Gasteiger partial charge in [-0.1, -0.05) is 30.0 Å². The fourth-order valence-electron chi connectivity index (χ4n) is 2.24. The molecule has 0 aliphatic carbocycles. The van der Waals surface area contributed by atoms with E-state index in [9.17, 15) is 4.39 Å². The topological polar surface area (TPSA) is 69.6 Å². The summed E-state index contributed by atoms with van der Waals surface area (Å²) in [6.45, 7) is 0. The van der Waals surface area contributed by atoms with Crippen molar-refractivity contribution in [1.29, 1.82) is 0 Å². The molecule has 0 fully saturated rings. The number of tetrazole rings is 1. The molecule has 2 aromatic carbocycles. The Balaban J connectivity index is 1.48. The third kappa shape index (κ3) is 3.43. The van der Waals surface area contributed by atoms with Crippen molar-refractivity contribution >= 4 is 11.8 Å². The summed E-state index contributed by atoms with van der Waals surface area (Å²) >= 11 is 1.46. The number of halogens is 1. The molecule has 0 aliphatic rings. The molecule has 25 heavy (non-hydrogen) atoms. The van der Waals surface area contributed by atoms with Crippen LogP contribution in [0.4, 0.5) is 4.39 Å². The maximum atomic E-state index is 13.0. The fourth-order valence-corrected chi connectivity index (χ4v) is 3.01. The molecule has 2 heterocycles. The van der Waals surface area contributed by atoms with Crippen LogP contribution in [0.2, 0.25) is 0 Å². The van der Waals surface area contributed by atoms with Gasteiger partial charge in [0.15, 0.2) is 0 Å². The molecule has 0 bridgehead atoms. The van der Waals surface area contributed by atoms with Gasteiger partial charge in [0.25, 0.3) is 0 Å². The Morgan fingerprint density at radius 3 is 2.64 bits per heavy atom. The molecule has 8 heteroatoms. The first-order valence-electron chi connectivity index (χ1n) is 7.46. The summed E-state index contributed by atoms with van der Waals surface area (Å²) in [5, 5.41) is 12.5. The number of benzene rings is 2. The lowest BCUT2D eigenvalue weighted by Gasteiger charge is -2.02. The van der Waals surface area contributed by atoms with Gasteiger partial charge in [-0.25, -0.2) is 9.37 Å². The Bertz CT molecular complexity index is 968. The van der Waals surface area contributed by atoms with Crippen LogP contribution in [0.3, 0.4) is 0 Å². The smallest absolute Gasteiger partial charge is 0.226 e. The highest BCUT2D eigenvalue weighted by Gasteiger charge is 2.12. The molecule has 4 rings (SSSR count). The van der Waals surface area contributed by atoms with Gasteiger partial charge in [0.2, 0.25) is 11.0 Å². The van der Waals surface area contributed by atoms with Crippen molar-refractivity contribution in [3.8, 4) is 17.1 Å². The summed E-state index contributed by atoms with van der Waals surface area (Å²) < 4.78 is 20.1. The maximum Gasteiger partial charge on any atom is 0.226 e. The first kappa shape index (κ1) is 15.5. The SMILES string of the molecule is Fc1ccc(-c2nc(CSc3nnnn3-c3ccccc3)co2)cc1. The van der Waals surface area contributed by atoms with Crippen LogP contribution >= 0.6 is 11.8 Å². The number of hydrogen-bond acceptors (Lipinski definition) is 6. The molecule has 0 saturated carbocycles. The average molecular weight is 353 g/mol. The van der Waals surface area contributed by atoms with Crippen LogP contribution in [0.5, 0.6) is 0 Å². The van der Waals surface area contributed by atoms with E-state index in [1.54, 1.807) is 23.1 Å². The third-order valence-corrected chi connectivity index (χ3v) is 4.39. The standard InChI is InChI=1S/C17H12FN5OS/c18-13-8-6-12(7-9-13)16-19-14(10-24-16)11-25-17-20-21-22-23(17)15-4-2-1-3-5-15/h1-10H,11H2. The number of oxazole rings is 1. The van der Waals surface area contributed by atoms with Crippen molar-refractivity contribution in [2.75, 3.05) is 0 Å². The molecule has 0 saturated heterocycles. The van der Waals surface area contributed by atoms with Gasteiger partial charge in [-0.05, 0) is 46.8 Å². The molecule has 6 nitrogen and oxygen atoms in total. The summed E-state index contributed by atoms with van der Waals surface area (Å²) in [7, 11) is 0. The Labute approximate surface area is 146 Å². The minimum Gasteiger partial charge on any atom is -0.444 e. The van der Waals surface area contributed by atoms with Gasteiger partial charge in [-0.3, -0.25) is 0 Å². The van der Waals surface area contributed by atoms with Crippen LogP contribution in [0, 0.1) is 5.82 Å². The summed E-state index contributed by atoms with van der Waals surface area (Å²) in [4.78, 5) is 4.42. The zero-order valence-electron chi connectivity index (χ0n) is 12.9. The summed E-state index contributed by atoms with van der Waals surface area (Å²) in [5.74, 6) is 0.717. The molecule has 0 spiro atoms. The van der Waals surface area contributed by atoms with Crippen LogP contribution < -0.4 is 0 Å². The summed E-state index contributed by atoms with van der Waals surface area (Å²) in [6.07, 6.45) is 1.59. The predicted molar refractivity (Wildman–Crippen MR) is 90.6 cm³/mol. The van der Waals surface area contributed by atoms with Crippen molar-refractivity contribution in [3.05, 3.63) is 72.4 Å². The van der Waals surface area contributed by atoms with E-state index in [0.717, 1.165) is 16.9 Å². The van der Waals surface area contributed by atoms with Gasteiger partial charge in [-0.2, -0.15) is 4.68 Å². The van der Waals surface area contributed by atoms with Gasteiger partial charge in [0.05, 0.1) is 11.4 Å². The van der Waals surface area contributed by atoms with E-state index < -0.39 is 0 Å². The lowest BCUT2D eigenvalue weighted by Crippen LogP contribution is -1.98. The van der Waals surface area contributed by atoms with Crippen molar-refractivity contribution in [2.45, 2.75) is 10.9 Å². The largest absolute Gasteiger partial charge is 0.444 e. The van der Waals surface area contributed by atoms with E-state index in [2.05, 4.69) is 20.5 Å². The number of para-hydroxylation sites is 1. The van der Waals surface area contributed by atoms with E-state index in [0.29, 0.717) is 16.8 Å². The molecule has 4 aromatic rings. The number of aromatic nitrogens is 5. The minimum absolute atomic E-state index is 0.293. The van der Waals surface area contributed by atoms with E-state index in [1.807, 2.05) is 30.3 Å². The maximum absolute atomic E-state index is 13.0. The number of thioether (sulfide) groups is 1. The molecule has 2 aromatic heterocycles. The van der Waals surface area contributed by atoms with Gasteiger partial charge >= 0.3 is 0 Å². The van der Waals surface area contributed by atoms with Crippen molar-refractivity contribution < 1.29 is 8.81 Å². The molecule has 0 radical (unpaired) electrons. The molecule has 0 N–H and O–H groups in total. The third-order valence-electron chi connectivity index (χ3n) is 3.43. The molecule has 0 aliphatic heterocycles. The summed E-state index contributed by atoms with van der Waals surface area (Å²) in [6, 6.07) is 15.7. The van der Waals surface area contributed by atoms with Crippen LogP contribution in [-0.4, -0.2) is 25.2 Å². The van der Waals surface area contributed by atoms with Gasteiger partial charge < -0.3 is 4.42 Å². The van der Waals surface area contributed by atoms with E-state index >= 15 is 0 Å². The second-order valence-electron chi connectivity index (χ2n) is 5.15. The van der Waals surface area contributed by atoms with Crippen LogP contribution in [-0.2, 0) is 5.75 Å². The molecule has 124 valence electrons. The molecular formula is C17H12FN5OS. The van der Waals surface area contributed by atoms with Crippen molar-refractivity contribution in [3.63, 3.8) is 0 Å².